The highest BCUT2D eigenvalue weighted by atomic mass is 16.5. The van der Waals surface area contributed by atoms with E-state index in [4.69, 9.17) is 4.74 Å². The lowest BCUT2D eigenvalue weighted by atomic mass is 9.91. The molecule has 0 radical (unpaired) electrons. The number of hydrogen-bond donors (Lipinski definition) is 1. The maximum Gasteiger partial charge on any atom is 0.0895 e. The van der Waals surface area contributed by atoms with Crippen LogP contribution in [0.25, 0.3) is 0 Å². The molecule has 2 unspecified atom stereocenters. The summed E-state index contributed by atoms with van der Waals surface area (Å²) in [5.74, 6) is 0.581. The summed E-state index contributed by atoms with van der Waals surface area (Å²) < 4.78 is 7.74. The van der Waals surface area contributed by atoms with E-state index < -0.39 is 0 Å². The van der Waals surface area contributed by atoms with Crippen molar-refractivity contribution in [2.75, 3.05) is 19.7 Å². The Morgan fingerprint density at radius 3 is 3.19 bits per heavy atom. The van der Waals surface area contributed by atoms with Crippen LogP contribution in [0.5, 0.6) is 0 Å². The highest BCUT2D eigenvalue weighted by molar-refractivity contribution is 5.10. The average Bonchev–Trinajstić information content (AvgIpc) is 2.73. The molecule has 1 aliphatic heterocycles. The Balaban J connectivity index is 2.04. The van der Waals surface area contributed by atoms with Crippen LogP contribution in [0.1, 0.15) is 31.4 Å². The summed E-state index contributed by atoms with van der Waals surface area (Å²) in [6.07, 6.45) is 6.63. The van der Waals surface area contributed by atoms with Crippen molar-refractivity contribution in [3.05, 3.63) is 18.0 Å². The molecule has 2 atom stereocenters. The summed E-state index contributed by atoms with van der Waals surface area (Å²) in [4.78, 5) is 0. The van der Waals surface area contributed by atoms with Gasteiger partial charge in [0.1, 0.15) is 0 Å². The second-order valence-corrected chi connectivity index (χ2v) is 4.45. The van der Waals surface area contributed by atoms with Gasteiger partial charge in [0.05, 0.1) is 12.3 Å². The molecule has 1 saturated heterocycles. The zero-order chi connectivity index (χ0) is 11.4. The molecule has 1 aromatic rings. The first-order chi connectivity index (χ1) is 7.81. The fourth-order valence-corrected chi connectivity index (χ4v) is 2.34. The summed E-state index contributed by atoms with van der Waals surface area (Å²) in [5.41, 5.74) is 1.21. The van der Waals surface area contributed by atoms with Crippen molar-refractivity contribution in [2.24, 2.45) is 13.0 Å². The Hall–Kier alpha value is -0.870. The van der Waals surface area contributed by atoms with E-state index in [0.29, 0.717) is 5.92 Å². The van der Waals surface area contributed by atoms with E-state index >= 15 is 0 Å². The van der Waals surface area contributed by atoms with Gasteiger partial charge in [0.2, 0.25) is 0 Å². The maximum atomic E-state index is 5.89. The number of nitrogens with zero attached hydrogens (tertiary/aromatic N) is 2. The second kappa shape index (κ2) is 5.46. The van der Waals surface area contributed by atoms with Crippen LogP contribution in [-0.2, 0) is 11.8 Å². The van der Waals surface area contributed by atoms with Gasteiger partial charge >= 0.3 is 0 Å². The van der Waals surface area contributed by atoms with Crippen LogP contribution in [0.3, 0.4) is 0 Å². The number of ether oxygens (including phenoxy) is 1. The standard InChI is InChI=1S/C12H21N3O/c1-3-13-7-10-5-4-6-16-12(10)11-8-14-15(2)9-11/h8-10,12-13H,3-7H2,1-2H3. The molecule has 16 heavy (non-hydrogen) atoms. The van der Waals surface area contributed by atoms with Gasteiger partial charge in [-0.3, -0.25) is 4.68 Å². The molecule has 1 fully saturated rings. The van der Waals surface area contributed by atoms with Gasteiger partial charge in [0.15, 0.2) is 0 Å². The fraction of sp³-hybridized carbons (Fsp3) is 0.750. The summed E-state index contributed by atoms with van der Waals surface area (Å²) in [5, 5.41) is 7.64. The van der Waals surface area contributed by atoms with Gasteiger partial charge < -0.3 is 10.1 Å². The Morgan fingerprint density at radius 1 is 1.62 bits per heavy atom. The lowest BCUT2D eigenvalue weighted by Crippen LogP contribution is -2.31. The van der Waals surface area contributed by atoms with Crippen molar-refractivity contribution < 1.29 is 4.74 Å². The van der Waals surface area contributed by atoms with Crippen LogP contribution < -0.4 is 5.32 Å². The molecule has 0 saturated carbocycles. The van der Waals surface area contributed by atoms with Crippen LogP contribution in [0.15, 0.2) is 12.4 Å². The molecule has 1 N–H and O–H groups in total. The van der Waals surface area contributed by atoms with Crippen molar-refractivity contribution in [3.8, 4) is 0 Å². The van der Waals surface area contributed by atoms with Gasteiger partial charge in [0, 0.05) is 37.9 Å². The highest BCUT2D eigenvalue weighted by Gasteiger charge is 2.27. The minimum Gasteiger partial charge on any atom is -0.373 e. The maximum absolute atomic E-state index is 5.89. The van der Waals surface area contributed by atoms with E-state index in [1.54, 1.807) is 0 Å². The number of aryl methyl sites for hydroxylation is 1. The SMILES string of the molecule is CCNCC1CCCOC1c1cnn(C)c1. The quantitative estimate of drug-likeness (QED) is 0.840. The molecule has 0 aromatic carbocycles. The molecule has 0 amide bonds. The molecule has 1 aliphatic rings. The van der Waals surface area contributed by atoms with E-state index in [1.807, 2.05) is 17.9 Å². The smallest absolute Gasteiger partial charge is 0.0895 e. The van der Waals surface area contributed by atoms with Crippen molar-refractivity contribution in [1.29, 1.82) is 0 Å². The normalized spacial score (nSPS) is 25.9. The van der Waals surface area contributed by atoms with E-state index in [9.17, 15) is 0 Å². The first-order valence-electron chi connectivity index (χ1n) is 6.12. The predicted octanol–water partition coefficient (Wildman–Crippen LogP) is 1.50. The minimum atomic E-state index is 0.224. The van der Waals surface area contributed by atoms with Crippen molar-refractivity contribution in [3.63, 3.8) is 0 Å². The monoisotopic (exact) mass is 223 g/mol. The van der Waals surface area contributed by atoms with Gasteiger partial charge in [-0.2, -0.15) is 5.10 Å². The molecule has 4 heteroatoms. The van der Waals surface area contributed by atoms with Crippen LogP contribution in [-0.4, -0.2) is 29.5 Å². The first kappa shape index (κ1) is 11.6. The zero-order valence-corrected chi connectivity index (χ0v) is 10.1. The third-order valence-corrected chi connectivity index (χ3v) is 3.15. The number of aromatic nitrogens is 2. The van der Waals surface area contributed by atoms with E-state index in [1.165, 1.54) is 18.4 Å². The summed E-state index contributed by atoms with van der Waals surface area (Å²) in [6.45, 7) is 5.08. The Morgan fingerprint density at radius 2 is 2.50 bits per heavy atom. The molecule has 0 spiro atoms. The second-order valence-electron chi connectivity index (χ2n) is 4.45. The Bertz CT molecular complexity index is 324. The summed E-state index contributed by atoms with van der Waals surface area (Å²) in [7, 11) is 1.95. The molecule has 0 aliphatic carbocycles. The van der Waals surface area contributed by atoms with Crippen LogP contribution in [0, 0.1) is 5.92 Å². The van der Waals surface area contributed by atoms with E-state index in [-0.39, 0.29) is 6.10 Å². The molecule has 2 heterocycles. The topological polar surface area (TPSA) is 39.1 Å². The van der Waals surface area contributed by atoms with Gasteiger partial charge in [0.25, 0.3) is 0 Å². The third-order valence-electron chi connectivity index (χ3n) is 3.15. The lowest BCUT2D eigenvalue weighted by molar-refractivity contribution is -0.0276. The fourth-order valence-electron chi connectivity index (χ4n) is 2.34. The van der Waals surface area contributed by atoms with Crippen molar-refractivity contribution in [2.45, 2.75) is 25.9 Å². The number of rotatable bonds is 4. The molecular weight excluding hydrogens is 202 g/mol. The van der Waals surface area contributed by atoms with Gasteiger partial charge in [-0.1, -0.05) is 6.92 Å². The predicted molar refractivity (Wildman–Crippen MR) is 63.2 cm³/mol. The van der Waals surface area contributed by atoms with Gasteiger partial charge in [-0.15, -0.1) is 0 Å². The zero-order valence-electron chi connectivity index (χ0n) is 10.1. The third kappa shape index (κ3) is 2.62. The molecular formula is C12H21N3O. The van der Waals surface area contributed by atoms with Crippen LogP contribution in [0.4, 0.5) is 0 Å². The first-order valence-corrected chi connectivity index (χ1v) is 6.12. The summed E-state index contributed by atoms with van der Waals surface area (Å²) in [6, 6.07) is 0. The molecule has 0 bridgehead atoms. The Kier molecular flexibility index (Phi) is 3.96. The molecule has 90 valence electrons. The van der Waals surface area contributed by atoms with Crippen LogP contribution >= 0.6 is 0 Å². The van der Waals surface area contributed by atoms with Crippen LogP contribution in [0.2, 0.25) is 0 Å². The van der Waals surface area contributed by atoms with Crippen molar-refractivity contribution >= 4 is 0 Å². The van der Waals surface area contributed by atoms with Crippen molar-refractivity contribution in [1.82, 2.24) is 15.1 Å². The minimum absolute atomic E-state index is 0.224. The van der Waals surface area contributed by atoms with E-state index in [2.05, 4.69) is 23.5 Å². The Labute approximate surface area is 97.0 Å². The number of nitrogens with one attached hydrogen (secondary N) is 1. The van der Waals surface area contributed by atoms with E-state index in [0.717, 1.165) is 19.7 Å². The molecule has 4 nitrogen and oxygen atoms in total. The average molecular weight is 223 g/mol. The highest BCUT2D eigenvalue weighted by Crippen LogP contribution is 2.32. The molecule has 2 rings (SSSR count). The van der Waals surface area contributed by atoms with Gasteiger partial charge in [-0.25, -0.2) is 0 Å². The summed E-state index contributed by atoms with van der Waals surface area (Å²) >= 11 is 0. The number of hydrogen-bond acceptors (Lipinski definition) is 3. The largest absolute Gasteiger partial charge is 0.373 e. The lowest BCUT2D eigenvalue weighted by Gasteiger charge is -2.31. The molecule has 1 aromatic heterocycles. The van der Waals surface area contributed by atoms with Gasteiger partial charge in [-0.05, 0) is 19.4 Å².